The van der Waals surface area contributed by atoms with Crippen LogP contribution in [0.5, 0.6) is 5.75 Å². The fourth-order valence-corrected chi connectivity index (χ4v) is 3.48. The van der Waals surface area contributed by atoms with Crippen molar-refractivity contribution in [2.75, 3.05) is 6.61 Å². The minimum Gasteiger partial charge on any atom is -0.481 e. The summed E-state index contributed by atoms with van der Waals surface area (Å²) >= 11 is 5.37. The van der Waals surface area contributed by atoms with Gasteiger partial charge in [0, 0.05) is 4.47 Å². The third-order valence-corrected chi connectivity index (χ3v) is 5.21. The molecule has 0 unspecified atom stereocenters. The molecule has 7 nitrogen and oxygen atoms in total. The van der Waals surface area contributed by atoms with Gasteiger partial charge in [0.2, 0.25) is 0 Å². The molecule has 1 saturated heterocycles. The Morgan fingerprint density at radius 1 is 1.21 bits per heavy atom. The minimum atomic E-state index is -1.06. The predicted octanol–water partition coefficient (Wildman–Crippen LogP) is 3.61. The van der Waals surface area contributed by atoms with Crippen molar-refractivity contribution in [3.05, 3.63) is 67.3 Å². The molecule has 1 heterocycles. The van der Waals surface area contributed by atoms with Crippen molar-refractivity contribution in [2.45, 2.75) is 6.54 Å². The van der Waals surface area contributed by atoms with Crippen LogP contribution in [0.3, 0.4) is 0 Å². The summed E-state index contributed by atoms with van der Waals surface area (Å²) in [6.45, 7) is -0.259. The number of carboxylic acid groups (broad SMARTS) is 1. The molecule has 2 aromatic rings. The zero-order valence-corrected chi connectivity index (χ0v) is 18.1. The Morgan fingerprint density at radius 3 is 2.57 bits per heavy atom. The van der Waals surface area contributed by atoms with Gasteiger partial charge in [0.15, 0.2) is 6.61 Å². The molecule has 0 atom stereocenters. The van der Waals surface area contributed by atoms with Crippen molar-refractivity contribution in [3.63, 3.8) is 0 Å². The number of nitrogens with one attached hydrogen (secondary N) is 1. The largest absolute Gasteiger partial charge is 0.481 e. The van der Waals surface area contributed by atoms with E-state index in [-0.39, 0.29) is 12.2 Å². The number of ether oxygens (including phenoxy) is 1. The van der Waals surface area contributed by atoms with E-state index >= 15 is 0 Å². The van der Waals surface area contributed by atoms with E-state index in [2.05, 4.69) is 21.2 Å². The SMILES string of the molecule is O=C(O)COc1ccc(/C=C2/NC(=O)N(Cc3ccc(Br)cc3)C2=O)cc1I. The molecule has 28 heavy (non-hydrogen) atoms. The summed E-state index contributed by atoms with van der Waals surface area (Å²) in [5, 5.41) is 11.3. The minimum absolute atomic E-state index is 0.175. The van der Waals surface area contributed by atoms with Gasteiger partial charge in [-0.1, -0.05) is 34.1 Å². The first-order valence-corrected chi connectivity index (χ1v) is 9.94. The van der Waals surface area contributed by atoms with Gasteiger partial charge in [0.1, 0.15) is 11.4 Å². The third-order valence-electron chi connectivity index (χ3n) is 3.83. The van der Waals surface area contributed by atoms with Gasteiger partial charge in [-0.05, 0) is 64.1 Å². The molecule has 9 heteroatoms. The number of carbonyl (C=O) groups excluding carboxylic acids is 2. The molecule has 1 fully saturated rings. The standard InChI is InChI=1S/C19H14BrIN2O5/c20-13-4-1-11(2-5-13)9-23-18(26)15(22-19(23)27)8-12-3-6-16(14(21)7-12)28-10-17(24)25/h1-8H,9-10H2,(H,22,27)(H,24,25)/b15-8+. The van der Waals surface area contributed by atoms with Gasteiger partial charge in [-0.2, -0.15) is 0 Å². The Bertz CT molecular complexity index is 975. The predicted molar refractivity (Wildman–Crippen MR) is 113 cm³/mol. The number of urea groups is 1. The number of benzene rings is 2. The summed E-state index contributed by atoms with van der Waals surface area (Å²) in [6.07, 6.45) is 1.57. The highest BCUT2D eigenvalue weighted by Crippen LogP contribution is 2.24. The van der Waals surface area contributed by atoms with Crippen molar-refractivity contribution >= 4 is 62.5 Å². The van der Waals surface area contributed by atoms with Crippen LogP contribution in [0.15, 0.2) is 52.6 Å². The van der Waals surface area contributed by atoms with Crippen molar-refractivity contribution in [1.29, 1.82) is 0 Å². The van der Waals surface area contributed by atoms with Crippen molar-refractivity contribution < 1.29 is 24.2 Å². The Hall–Kier alpha value is -2.40. The molecular formula is C19H14BrIN2O5. The van der Waals surface area contributed by atoms with Gasteiger partial charge >= 0.3 is 12.0 Å². The molecule has 0 radical (unpaired) electrons. The van der Waals surface area contributed by atoms with E-state index in [0.29, 0.717) is 14.9 Å². The second-order valence-electron chi connectivity index (χ2n) is 5.88. The average Bonchev–Trinajstić information content (AvgIpc) is 2.90. The first-order chi connectivity index (χ1) is 13.3. The zero-order valence-electron chi connectivity index (χ0n) is 14.3. The maximum atomic E-state index is 12.6. The number of imide groups is 1. The molecule has 1 aliphatic heterocycles. The number of aliphatic carboxylic acids is 1. The van der Waals surface area contributed by atoms with E-state index in [4.69, 9.17) is 9.84 Å². The number of carbonyl (C=O) groups is 3. The topological polar surface area (TPSA) is 95.9 Å². The maximum absolute atomic E-state index is 12.6. The summed E-state index contributed by atoms with van der Waals surface area (Å²) in [7, 11) is 0. The number of hydrogen-bond acceptors (Lipinski definition) is 4. The van der Waals surface area contributed by atoms with E-state index in [0.717, 1.165) is 14.9 Å². The lowest BCUT2D eigenvalue weighted by Gasteiger charge is -2.11. The molecule has 0 saturated carbocycles. The molecule has 2 N–H and O–H groups in total. The summed E-state index contributed by atoms with van der Waals surface area (Å²) in [4.78, 5) is 36.5. The second-order valence-corrected chi connectivity index (χ2v) is 7.96. The van der Waals surface area contributed by atoms with Gasteiger partial charge in [0.05, 0.1) is 10.1 Å². The van der Waals surface area contributed by atoms with E-state index in [1.54, 1.807) is 24.3 Å². The molecule has 1 aliphatic rings. The lowest BCUT2D eigenvalue weighted by Crippen LogP contribution is -2.30. The van der Waals surface area contributed by atoms with Crippen LogP contribution in [0.4, 0.5) is 4.79 Å². The molecule has 0 spiro atoms. The Balaban J connectivity index is 1.75. The quantitative estimate of drug-likeness (QED) is 0.322. The van der Waals surface area contributed by atoms with Crippen LogP contribution < -0.4 is 10.1 Å². The number of amides is 3. The van der Waals surface area contributed by atoms with Gasteiger partial charge in [-0.25, -0.2) is 9.59 Å². The molecule has 0 bridgehead atoms. The van der Waals surface area contributed by atoms with Crippen LogP contribution in [0.2, 0.25) is 0 Å². The average molecular weight is 557 g/mol. The first kappa shape index (κ1) is 20.3. The summed E-state index contributed by atoms with van der Waals surface area (Å²) in [5.74, 6) is -1.04. The number of halogens is 2. The number of nitrogens with zero attached hydrogens (tertiary/aromatic N) is 1. The summed E-state index contributed by atoms with van der Waals surface area (Å²) < 4.78 is 6.78. The smallest absolute Gasteiger partial charge is 0.341 e. The third kappa shape index (κ3) is 4.90. The van der Waals surface area contributed by atoms with Crippen LogP contribution in [-0.4, -0.2) is 34.5 Å². The van der Waals surface area contributed by atoms with E-state index in [9.17, 15) is 14.4 Å². The van der Waals surface area contributed by atoms with E-state index < -0.39 is 24.5 Å². The Labute approximate surface area is 182 Å². The molecule has 0 aliphatic carbocycles. The van der Waals surface area contributed by atoms with Gasteiger partial charge in [0.25, 0.3) is 5.91 Å². The fourth-order valence-electron chi connectivity index (χ4n) is 2.52. The van der Waals surface area contributed by atoms with E-state index in [1.165, 1.54) is 0 Å². The van der Waals surface area contributed by atoms with Crippen LogP contribution in [0.25, 0.3) is 6.08 Å². The van der Waals surface area contributed by atoms with Crippen molar-refractivity contribution in [2.24, 2.45) is 0 Å². The monoisotopic (exact) mass is 556 g/mol. The van der Waals surface area contributed by atoms with Crippen molar-refractivity contribution in [3.8, 4) is 5.75 Å². The summed E-state index contributed by atoms with van der Waals surface area (Å²) in [5.41, 5.74) is 1.70. The van der Waals surface area contributed by atoms with Gasteiger partial charge < -0.3 is 15.2 Å². The maximum Gasteiger partial charge on any atom is 0.341 e. The molecule has 3 rings (SSSR count). The van der Waals surface area contributed by atoms with Crippen LogP contribution in [0, 0.1) is 3.57 Å². The highest BCUT2D eigenvalue weighted by atomic mass is 127. The van der Waals surface area contributed by atoms with Gasteiger partial charge in [-0.15, -0.1) is 0 Å². The highest BCUT2D eigenvalue weighted by Gasteiger charge is 2.33. The zero-order chi connectivity index (χ0) is 20.3. The van der Waals surface area contributed by atoms with Gasteiger partial charge in [-0.3, -0.25) is 9.69 Å². The molecular weight excluding hydrogens is 543 g/mol. The lowest BCUT2D eigenvalue weighted by atomic mass is 10.1. The first-order valence-electron chi connectivity index (χ1n) is 8.06. The Kier molecular flexibility index (Phi) is 6.35. The highest BCUT2D eigenvalue weighted by molar-refractivity contribution is 14.1. The van der Waals surface area contributed by atoms with Crippen LogP contribution in [-0.2, 0) is 16.1 Å². The van der Waals surface area contributed by atoms with Crippen LogP contribution >= 0.6 is 38.5 Å². The molecule has 0 aromatic heterocycles. The lowest BCUT2D eigenvalue weighted by molar-refractivity contribution is -0.139. The van der Waals surface area contributed by atoms with Crippen LogP contribution in [0.1, 0.15) is 11.1 Å². The van der Waals surface area contributed by atoms with Crippen molar-refractivity contribution in [1.82, 2.24) is 10.2 Å². The number of hydrogen-bond donors (Lipinski definition) is 2. The fraction of sp³-hybridized carbons (Fsp3) is 0.105. The molecule has 3 amide bonds. The van der Waals surface area contributed by atoms with E-state index in [1.807, 2.05) is 46.9 Å². The normalized spacial score (nSPS) is 15.1. The Morgan fingerprint density at radius 2 is 1.93 bits per heavy atom. The number of carboxylic acids is 1. The number of rotatable bonds is 6. The summed E-state index contributed by atoms with van der Waals surface area (Å²) in [6, 6.07) is 11.9. The molecule has 2 aromatic carbocycles. The second kappa shape index (κ2) is 8.74. The molecule has 144 valence electrons.